The molecule has 0 unspecified atom stereocenters. The van der Waals surface area contributed by atoms with Gasteiger partial charge in [-0.2, -0.15) is 4.98 Å². The van der Waals surface area contributed by atoms with Crippen molar-refractivity contribution in [3.63, 3.8) is 0 Å². The Morgan fingerprint density at radius 3 is 2.47 bits per heavy atom. The number of halogens is 1. The Bertz CT molecular complexity index is 1290. The van der Waals surface area contributed by atoms with Gasteiger partial charge in [0.2, 0.25) is 11.7 Å². The Morgan fingerprint density at radius 2 is 1.72 bits per heavy atom. The van der Waals surface area contributed by atoms with E-state index in [1.165, 1.54) is 5.56 Å². The maximum absolute atomic E-state index is 12.4. The molecule has 5 rings (SSSR count). The highest BCUT2D eigenvalue weighted by molar-refractivity contribution is 6.31. The van der Waals surface area contributed by atoms with Gasteiger partial charge < -0.3 is 9.51 Å². The number of hydrogen-bond donors (Lipinski definition) is 1. The molecule has 1 fully saturated rings. The maximum atomic E-state index is 12.4. The van der Waals surface area contributed by atoms with E-state index >= 15 is 0 Å². The van der Waals surface area contributed by atoms with E-state index in [1.54, 1.807) is 18.2 Å². The number of H-pyrrole nitrogens is 1. The van der Waals surface area contributed by atoms with E-state index in [0.29, 0.717) is 46.6 Å². The fraction of sp³-hybridized carbons (Fsp3) is 0.304. The number of hydrogen-bond acceptors (Lipinski definition) is 7. The Labute approximate surface area is 189 Å². The molecule has 0 bridgehead atoms. The molecule has 1 N–H and O–H groups in total. The largest absolute Gasteiger partial charge is 0.338 e. The summed E-state index contributed by atoms with van der Waals surface area (Å²) >= 11 is 5.99. The van der Waals surface area contributed by atoms with Gasteiger partial charge in [-0.3, -0.25) is 14.6 Å². The van der Waals surface area contributed by atoms with Crippen LogP contribution in [0.5, 0.6) is 0 Å². The molecule has 8 nitrogen and oxygen atoms in total. The molecule has 32 heavy (non-hydrogen) atoms. The van der Waals surface area contributed by atoms with E-state index in [4.69, 9.17) is 16.1 Å². The zero-order chi connectivity index (χ0) is 22.1. The molecule has 2 aromatic carbocycles. The zero-order valence-corrected chi connectivity index (χ0v) is 18.5. The molecular formula is C23H23ClN6O2. The first kappa shape index (κ1) is 20.8. The van der Waals surface area contributed by atoms with Crippen molar-refractivity contribution in [3.8, 4) is 11.4 Å². The summed E-state index contributed by atoms with van der Waals surface area (Å²) in [6.07, 6.45) is 0. The molecule has 9 heteroatoms. The molecule has 0 atom stereocenters. The summed E-state index contributed by atoms with van der Waals surface area (Å²) in [4.78, 5) is 29.0. The average Bonchev–Trinajstić information content (AvgIpc) is 3.25. The van der Waals surface area contributed by atoms with Crippen molar-refractivity contribution < 1.29 is 4.52 Å². The SMILES string of the molecule is Cc1ccc(-c2noc(CN3CCN(Cc4nc5ccc(Cl)cc5c(=O)[nH]4)CC3)n2)cc1. The second kappa shape index (κ2) is 8.82. The van der Waals surface area contributed by atoms with Crippen molar-refractivity contribution in [2.75, 3.05) is 26.2 Å². The van der Waals surface area contributed by atoms with E-state index in [1.807, 2.05) is 24.3 Å². The van der Waals surface area contributed by atoms with Gasteiger partial charge in [-0.25, -0.2) is 4.98 Å². The minimum Gasteiger partial charge on any atom is -0.338 e. The predicted molar refractivity (Wildman–Crippen MR) is 122 cm³/mol. The number of benzene rings is 2. The third-order valence-electron chi connectivity index (χ3n) is 5.69. The van der Waals surface area contributed by atoms with Gasteiger partial charge in [-0.15, -0.1) is 0 Å². The molecule has 0 aliphatic carbocycles. The van der Waals surface area contributed by atoms with Crippen LogP contribution in [-0.2, 0) is 13.1 Å². The van der Waals surface area contributed by atoms with Crippen LogP contribution in [0.1, 0.15) is 17.3 Å². The van der Waals surface area contributed by atoms with Crippen LogP contribution >= 0.6 is 11.6 Å². The summed E-state index contributed by atoms with van der Waals surface area (Å²) in [5, 5.41) is 5.16. The minimum atomic E-state index is -0.160. The van der Waals surface area contributed by atoms with Crippen LogP contribution in [0.25, 0.3) is 22.3 Å². The topological polar surface area (TPSA) is 91.2 Å². The summed E-state index contributed by atoms with van der Waals surface area (Å²) < 4.78 is 5.46. The molecule has 3 heterocycles. The first-order valence-electron chi connectivity index (χ1n) is 10.6. The second-order valence-corrected chi connectivity index (χ2v) is 8.54. The Kier molecular flexibility index (Phi) is 5.73. The third-order valence-corrected chi connectivity index (χ3v) is 5.93. The summed E-state index contributed by atoms with van der Waals surface area (Å²) in [5.41, 5.74) is 2.65. The van der Waals surface area contributed by atoms with Crippen LogP contribution in [-0.4, -0.2) is 56.1 Å². The number of aromatic amines is 1. The quantitative estimate of drug-likeness (QED) is 0.499. The molecule has 0 spiro atoms. The Morgan fingerprint density at radius 1 is 1.00 bits per heavy atom. The van der Waals surface area contributed by atoms with E-state index in [-0.39, 0.29) is 5.56 Å². The van der Waals surface area contributed by atoms with Crippen molar-refractivity contribution in [2.24, 2.45) is 0 Å². The predicted octanol–water partition coefficient (Wildman–Crippen LogP) is 3.25. The fourth-order valence-electron chi connectivity index (χ4n) is 3.88. The molecule has 0 saturated carbocycles. The molecule has 0 radical (unpaired) electrons. The number of aromatic nitrogens is 4. The van der Waals surface area contributed by atoms with Crippen molar-refractivity contribution in [2.45, 2.75) is 20.0 Å². The third kappa shape index (κ3) is 4.57. The molecule has 2 aromatic heterocycles. The monoisotopic (exact) mass is 450 g/mol. The lowest BCUT2D eigenvalue weighted by Gasteiger charge is -2.33. The van der Waals surface area contributed by atoms with E-state index in [9.17, 15) is 4.79 Å². The molecule has 4 aromatic rings. The number of nitrogens with one attached hydrogen (secondary N) is 1. The van der Waals surface area contributed by atoms with E-state index in [0.717, 1.165) is 31.7 Å². The van der Waals surface area contributed by atoms with Gasteiger partial charge in [0, 0.05) is 36.8 Å². The van der Waals surface area contributed by atoms with Crippen molar-refractivity contribution in [1.82, 2.24) is 29.9 Å². The van der Waals surface area contributed by atoms with Crippen LogP contribution in [0.3, 0.4) is 0 Å². The van der Waals surface area contributed by atoms with Crippen molar-refractivity contribution in [3.05, 3.63) is 75.1 Å². The number of aryl methyl sites for hydroxylation is 1. The van der Waals surface area contributed by atoms with Crippen LogP contribution in [0.15, 0.2) is 51.8 Å². The number of piperazine rings is 1. The molecule has 1 saturated heterocycles. The van der Waals surface area contributed by atoms with Gasteiger partial charge in [-0.05, 0) is 25.1 Å². The number of nitrogens with zero attached hydrogens (tertiary/aromatic N) is 5. The number of fused-ring (bicyclic) bond motifs is 1. The van der Waals surface area contributed by atoms with Crippen molar-refractivity contribution >= 4 is 22.5 Å². The highest BCUT2D eigenvalue weighted by Crippen LogP contribution is 2.18. The highest BCUT2D eigenvalue weighted by atomic mass is 35.5. The van der Waals surface area contributed by atoms with Gasteiger partial charge in [-0.1, -0.05) is 46.6 Å². The van der Waals surface area contributed by atoms with Gasteiger partial charge in [0.1, 0.15) is 5.82 Å². The summed E-state index contributed by atoms with van der Waals surface area (Å²) in [5.74, 6) is 1.90. The Hall–Kier alpha value is -3.07. The average molecular weight is 451 g/mol. The summed E-state index contributed by atoms with van der Waals surface area (Å²) in [6.45, 7) is 6.74. The molecule has 164 valence electrons. The summed E-state index contributed by atoms with van der Waals surface area (Å²) in [6, 6.07) is 13.3. The smallest absolute Gasteiger partial charge is 0.258 e. The summed E-state index contributed by atoms with van der Waals surface area (Å²) in [7, 11) is 0. The first-order chi connectivity index (χ1) is 15.5. The first-order valence-corrected chi connectivity index (χ1v) is 10.9. The molecule has 0 amide bonds. The molecule has 1 aliphatic rings. The highest BCUT2D eigenvalue weighted by Gasteiger charge is 2.20. The van der Waals surface area contributed by atoms with Gasteiger partial charge >= 0.3 is 0 Å². The lowest BCUT2D eigenvalue weighted by atomic mass is 10.1. The standard InChI is InChI=1S/C23H23ClN6O2/c1-15-2-4-16(5-3-15)22-27-21(32-28-22)14-30-10-8-29(9-11-30)13-20-25-19-7-6-17(24)12-18(19)23(31)26-20/h2-7,12H,8-11,13-14H2,1H3,(H,25,26,31). The van der Waals surface area contributed by atoms with E-state index in [2.05, 4.69) is 36.8 Å². The van der Waals surface area contributed by atoms with Gasteiger partial charge in [0.25, 0.3) is 5.56 Å². The van der Waals surface area contributed by atoms with Crippen molar-refractivity contribution in [1.29, 1.82) is 0 Å². The van der Waals surface area contributed by atoms with E-state index < -0.39 is 0 Å². The maximum Gasteiger partial charge on any atom is 0.258 e. The molecular weight excluding hydrogens is 428 g/mol. The Balaban J connectivity index is 1.18. The number of rotatable bonds is 5. The van der Waals surface area contributed by atoms with Crippen LogP contribution in [0.4, 0.5) is 0 Å². The van der Waals surface area contributed by atoms with Gasteiger partial charge in [0.15, 0.2) is 0 Å². The zero-order valence-electron chi connectivity index (χ0n) is 17.7. The normalized spacial score (nSPS) is 15.4. The second-order valence-electron chi connectivity index (χ2n) is 8.10. The minimum absolute atomic E-state index is 0.160. The van der Waals surface area contributed by atoms with Crippen LogP contribution in [0.2, 0.25) is 5.02 Å². The van der Waals surface area contributed by atoms with Crippen LogP contribution in [0, 0.1) is 6.92 Å². The van der Waals surface area contributed by atoms with Gasteiger partial charge in [0.05, 0.1) is 24.0 Å². The van der Waals surface area contributed by atoms with Crippen LogP contribution < -0.4 is 5.56 Å². The molecule has 1 aliphatic heterocycles. The lowest BCUT2D eigenvalue weighted by Crippen LogP contribution is -2.45. The fourth-order valence-corrected chi connectivity index (χ4v) is 4.05. The lowest BCUT2D eigenvalue weighted by molar-refractivity contribution is 0.110.